The van der Waals surface area contributed by atoms with Gasteiger partial charge in [0.05, 0.1) is 24.0 Å². The highest BCUT2D eigenvalue weighted by molar-refractivity contribution is 7.84. The number of nitrogens with zero attached hydrogens (tertiary/aromatic N) is 2. The number of halogens is 1. The Labute approximate surface area is 136 Å². The number of hydrogen-bond acceptors (Lipinski definition) is 7. The first-order chi connectivity index (χ1) is 10.8. The monoisotopic (exact) mass is 363 g/mol. The van der Waals surface area contributed by atoms with Gasteiger partial charge < -0.3 is 19.5 Å². The summed E-state index contributed by atoms with van der Waals surface area (Å²) in [6.45, 7) is -0.508. The molecule has 0 unspecified atom stereocenters. The SMILES string of the molecule is NS(=O)(=O)OC[C@H]1O[C@@H](n2cnc3cc(Cl)ccc32)[C@H](O)[C@@H]1O. The van der Waals surface area contributed by atoms with Gasteiger partial charge in [-0.2, -0.15) is 8.42 Å². The van der Waals surface area contributed by atoms with E-state index >= 15 is 0 Å². The average molecular weight is 364 g/mol. The molecule has 1 fully saturated rings. The molecule has 4 N–H and O–H groups in total. The van der Waals surface area contributed by atoms with E-state index in [0.29, 0.717) is 16.1 Å². The highest BCUT2D eigenvalue weighted by atomic mass is 35.5. The highest BCUT2D eigenvalue weighted by Gasteiger charge is 2.44. The van der Waals surface area contributed by atoms with Crippen molar-refractivity contribution in [3.63, 3.8) is 0 Å². The Morgan fingerprint density at radius 3 is 2.83 bits per heavy atom. The fourth-order valence-corrected chi connectivity index (χ4v) is 2.96. The molecule has 2 aromatic rings. The lowest BCUT2D eigenvalue weighted by molar-refractivity contribution is -0.0465. The highest BCUT2D eigenvalue weighted by Crippen LogP contribution is 2.32. The van der Waals surface area contributed by atoms with Gasteiger partial charge in [-0.1, -0.05) is 11.6 Å². The second-order valence-corrected chi connectivity index (χ2v) is 6.77. The second kappa shape index (κ2) is 5.98. The number of rotatable bonds is 4. The number of aliphatic hydroxyl groups is 2. The van der Waals surface area contributed by atoms with Crippen LogP contribution in [0.5, 0.6) is 0 Å². The van der Waals surface area contributed by atoms with Crippen LogP contribution < -0.4 is 5.14 Å². The van der Waals surface area contributed by atoms with E-state index in [4.69, 9.17) is 21.5 Å². The zero-order valence-electron chi connectivity index (χ0n) is 11.6. The summed E-state index contributed by atoms with van der Waals surface area (Å²) in [5.74, 6) is 0. The minimum absolute atomic E-state index is 0.508. The maximum absolute atomic E-state index is 10.8. The molecule has 1 aliphatic rings. The van der Waals surface area contributed by atoms with Gasteiger partial charge in [-0.3, -0.25) is 4.18 Å². The normalized spacial score (nSPS) is 28.5. The fraction of sp³-hybridized carbons (Fsp3) is 0.417. The van der Waals surface area contributed by atoms with Crippen molar-refractivity contribution in [3.8, 4) is 0 Å². The topological polar surface area (TPSA) is 137 Å². The molecule has 23 heavy (non-hydrogen) atoms. The standard InChI is InChI=1S/C12H14ClN3O6S/c13-6-1-2-8-7(3-6)15-5-16(8)12-11(18)10(17)9(22-12)4-21-23(14,19)20/h1-3,5,9-12,17-18H,4H2,(H2,14,19,20)/t9-,10-,11-,12-/m1/s1. The van der Waals surface area contributed by atoms with E-state index in [2.05, 4.69) is 9.17 Å². The van der Waals surface area contributed by atoms with E-state index in [0.717, 1.165) is 0 Å². The van der Waals surface area contributed by atoms with Crippen LogP contribution in [0.2, 0.25) is 5.02 Å². The summed E-state index contributed by atoms with van der Waals surface area (Å²) in [5, 5.41) is 25.4. The molecule has 3 rings (SSSR count). The molecule has 1 aromatic carbocycles. The Morgan fingerprint density at radius 2 is 2.13 bits per heavy atom. The number of benzene rings is 1. The van der Waals surface area contributed by atoms with Gasteiger partial charge in [0.2, 0.25) is 0 Å². The van der Waals surface area contributed by atoms with Crippen molar-refractivity contribution in [2.24, 2.45) is 5.14 Å². The van der Waals surface area contributed by atoms with Crippen LogP contribution in [0.25, 0.3) is 11.0 Å². The summed E-state index contributed by atoms with van der Waals surface area (Å²) in [6, 6.07) is 5.00. The molecule has 1 saturated heterocycles. The maximum atomic E-state index is 10.8. The zero-order chi connectivity index (χ0) is 16.8. The lowest BCUT2D eigenvalue weighted by Crippen LogP contribution is -2.35. The fourth-order valence-electron chi connectivity index (χ4n) is 2.47. The summed E-state index contributed by atoms with van der Waals surface area (Å²) >= 11 is 5.89. The summed E-state index contributed by atoms with van der Waals surface area (Å²) in [4.78, 5) is 4.15. The van der Waals surface area contributed by atoms with Crippen LogP contribution in [0.15, 0.2) is 24.5 Å². The summed E-state index contributed by atoms with van der Waals surface area (Å²) in [7, 11) is -4.17. The lowest BCUT2D eigenvalue weighted by Gasteiger charge is -2.17. The molecule has 0 saturated carbocycles. The number of imidazole rings is 1. The molecule has 9 nitrogen and oxygen atoms in total. The minimum Gasteiger partial charge on any atom is -0.387 e. The number of ether oxygens (including phenoxy) is 1. The summed E-state index contributed by atoms with van der Waals surface area (Å²) in [5.41, 5.74) is 1.23. The van der Waals surface area contributed by atoms with Gasteiger partial charge in [-0.15, -0.1) is 0 Å². The number of nitrogens with two attached hydrogens (primary N) is 1. The maximum Gasteiger partial charge on any atom is 0.333 e. The van der Waals surface area contributed by atoms with Crippen molar-refractivity contribution in [2.45, 2.75) is 24.5 Å². The van der Waals surface area contributed by atoms with E-state index in [1.165, 1.54) is 10.9 Å². The lowest BCUT2D eigenvalue weighted by atomic mass is 10.1. The van der Waals surface area contributed by atoms with E-state index in [1.54, 1.807) is 18.2 Å². The zero-order valence-corrected chi connectivity index (χ0v) is 13.2. The first-order valence-corrected chi connectivity index (χ1v) is 8.42. The number of fused-ring (bicyclic) bond motifs is 1. The van der Waals surface area contributed by atoms with Gasteiger partial charge in [0, 0.05) is 5.02 Å². The van der Waals surface area contributed by atoms with Gasteiger partial charge in [0.25, 0.3) is 0 Å². The molecular weight excluding hydrogens is 350 g/mol. The Bertz CT molecular complexity index is 825. The Morgan fingerprint density at radius 1 is 1.39 bits per heavy atom. The predicted octanol–water partition coefficient (Wildman–Crippen LogP) is -0.471. The predicted molar refractivity (Wildman–Crippen MR) is 79.7 cm³/mol. The minimum atomic E-state index is -4.17. The number of aliphatic hydroxyl groups excluding tert-OH is 2. The third kappa shape index (κ3) is 3.33. The Kier molecular flexibility index (Phi) is 4.31. The van der Waals surface area contributed by atoms with E-state index in [1.807, 2.05) is 0 Å². The Hall–Kier alpha value is -1.27. The van der Waals surface area contributed by atoms with E-state index in [-0.39, 0.29) is 0 Å². The van der Waals surface area contributed by atoms with Gasteiger partial charge in [-0.25, -0.2) is 10.1 Å². The molecule has 1 aliphatic heterocycles. The summed E-state index contributed by atoms with van der Waals surface area (Å²) < 4.78 is 33.1. The third-order valence-corrected chi connectivity index (χ3v) is 4.24. The molecule has 126 valence electrons. The average Bonchev–Trinajstić information content (AvgIpc) is 2.99. The van der Waals surface area contributed by atoms with Crippen molar-refractivity contribution in [1.82, 2.24) is 9.55 Å². The third-order valence-electron chi connectivity index (χ3n) is 3.54. The Balaban J connectivity index is 1.85. The smallest absolute Gasteiger partial charge is 0.333 e. The van der Waals surface area contributed by atoms with Crippen LogP contribution >= 0.6 is 11.6 Å². The van der Waals surface area contributed by atoms with Crippen molar-refractivity contribution < 1.29 is 27.6 Å². The molecule has 4 atom stereocenters. The van der Waals surface area contributed by atoms with Crippen LogP contribution in [-0.4, -0.2) is 53.1 Å². The largest absolute Gasteiger partial charge is 0.387 e. The molecule has 0 aliphatic carbocycles. The van der Waals surface area contributed by atoms with Crippen LogP contribution in [-0.2, 0) is 19.2 Å². The van der Waals surface area contributed by atoms with Crippen molar-refractivity contribution in [3.05, 3.63) is 29.5 Å². The molecule has 2 heterocycles. The van der Waals surface area contributed by atoms with Crippen molar-refractivity contribution in [2.75, 3.05) is 6.61 Å². The van der Waals surface area contributed by atoms with E-state index in [9.17, 15) is 18.6 Å². The van der Waals surface area contributed by atoms with Crippen LogP contribution in [0, 0.1) is 0 Å². The molecule has 0 bridgehead atoms. The van der Waals surface area contributed by atoms with E-state index < -0.39 is 41.5 Å². The van der Waals surface area contributed by atoms with Gasteiger partial charge in [-0.05, 0) is 18.2 Å². The molecule has 1 aromatic heterocycles. The van der Waals surface area contributed by atoms with Gasteiger partial charge in [0.1, 0.15) is 18.3 Å². The second-order valence-electron chi connectivity index (χ2n) is 5.11. The molecular formula is C12H14ClN3O6S. The van der Waals surface area contributed by atoms with Crippen LogP contribution in [0.3, 0.4) is 0 Å². The summed E-state index contributed by atoms with van der Waals surface area (Å²) in [6.07, 6.45) is -3.21. The van der Waals surface area contributed by atoms with Crippen molar-refractivity contribution in [1.29, 1.82) is 0 Å². The number of hydrogen-bond donors (Lipinski definition) is 3. The molecule has 0 radical (unpaired) electrons. The number of aromatic nitrogens is 2. The first kappa shape index (κ1) is 16.6. The van der Waals surface area contributed by atoms with Gasteiger partial charge in [0.15, 0.2) is 6.23 Å². The van der Waals surface area contributed by atoms with Crippen molar-refractivity contribution >= 4 is 32.9 Å². The van der Waals surface area contributed by atoms with Crippen LogP contribution in [0.4, 0.5) is 0 Å². The molecule has 0 spiro atoms. The van der Waals surface area contributed by atoms with Crippen LogP contribution in [0.1, 0.15) is 6.23 Å². The molecule has 11 heteroatoms. The van der Waals surface area contributed by atoms with Gasteiger partial charge >= 0.3 is 10.3 Å². The quantitative estimate of drug-likeness (QED) is 0.667. The first-order valence-electron chi connectivity index (χ1n) is 6.57. The molecule has 0 amide bonds.